The Morgan fingerprint density at radius 2 is 0.968 bits per heavy atom. The SMILES string of the molecule is CC/C=C\C/C=C\C/C=C\C/C=C\CCCCCCCCCCCCCCCCCCC(=O)NC(COP(=O)(O)OCC[N+](C)(C)C)C(O)/C=C/CC/C=C/CCCCCCCC. The molecule has 0 aliphatic rings. The average Bonchev–Trinajstić information content (AvgIpc) is 3.24. The van der Waals surface area contributed by atoms with Crippen LogP contribution in [0.1, 0.15) is 213 Å². The molecule has 0 rings (SSSR count). The van der Waals surface area contributed by atoms with Crippen molar-refractivity contribution in [2.24, 2.45) is 0 Å². The van der Waals surface area contributed by atoms with Crippen LogP contribution in [-0.2, 0) is 18.4 Å². The first kappa shape index (κ1) is 60.9. The van der Waals surface area contributed by atoms with Crippen LogP contribution >= 0.6 is 7.82 Å². The third-order valence-electron chi connectivity index (χ3n) is 11.2. The molecule has 0 saturated heterocycles. The van der Waals surface area contributed by atoms with E-state index in [0.29, 0.717) is 17.4 Å². The molecule has 8 nitrogen and oxygen atoms in total. The number of aliphatic hydroxyl groups excluding tert-OH is 1. The van der Waals surface area contributed by atoms with Crippen molar-refractivity contribution in [3.63, 3.8) is 0 Å². The number of unbranched alkanes of at least 4 members (excludes halogenated alkanes) is 23. The van der Waals surface area contributed by atoms with E-state index < -0.39 is 20.0 Å². The molecular formula is C54H100N2O6P+. The van der Waals surface area contributed by atoms with Crippen molar-refractivity contribution >= 4 is 13.7 Å². The van der Waals surface area contributed by atoms with Gasteiger partial charge in [-0.2, -0.15) is 0 Å². The summed E-state index contributed by atoms with van der Waals surface area (Å²) < 4.78 is 23.6. The monoisotopic (exact) mass is 904 g/mol. The molecule has 1 amide bonds. The van der Waals surface area contributed by atoms with Crippen molar-refractivity contribution in [2.75, 3.05) is 40.9 Å². The molecule has 3 N–H and O–H groups in total. The number of nitrogens with one attached hydrogen (secondary N) is 1. The number of phosphoric acid groups is 1. The molecule has 0 aromatic rings. The topological polar surface area (TPSA) is 105 Å². The number of phosphoric ester groups is 1. The van der Waals surface area contributed by atoms with Crippen LogP contribution in [-0.4, -0.2) is 73.4 Å². The quantitative estimate of drug-likeness (QED) is 0.0243. The summed E-state index contributed by atoms with van der Waals surface area (Å²) in [6.07, 6.45) is 61.4. The molecule has 0 saturated carbocycles. The fourth-order valence-corrected chi connectivity index (χ4v) is 7.84. The highest BCUT2D eigenvalue weighted by Gasteiger charge is 2.27. The summed E-state index contributed by atoms with van der Waals surface area (Å²) in [5, 5.41) is 13.8. The zero-order valence-corrected chi connectivity index (χ0v) is 42.4. The first-order valence-corrected chi connectivity index (χ1v) is 27.3. The largest absolute Gasteiger partial charge is 0.472 e. The number of quaternary nitrogens is 1. The maximum absolute atomic E-state index is 12.9. The molecule has 0 aromatic heterocycles. The number of carbonyl (C=O) groups is 1. The van der Waals surface area contributed by atoms with E-state index in [1.165, 1.54) is 128 Å². The highest BCUT2D eigenvalue weighted by Crippen LogP contribution is 2.43. The summed E-state index contributed by atoms with van der Waals surface area (Å²) in [5.41, 5.74) is 0. The zero-order valence-electron chi connectivity index (χ0n) is 41.5. The van der Waals surface area contributed by atoms with Gasteiger partial charge in [0.1, 0.15) is 13.2 Å². The Balaban J connectivity index is 4.14. The number of amides is 1. The molecule has 3 atom stereocenters. The van der Waals surface area contributed by atoms with Gasteiger partial charge in [-0.25, -0.2) is 4.57 Å². The van der Waals surface area contributed by atoms with E-state index >= 15 is 0 Å². The van der Waals surface area contributed by atoms with Crippen molar-refractivity contribution in [2.45, 2.75) is 225 Å². The van der Waals surface area contributed by atoms with Crippen LogP contribution in [0.2, 0.25) is 0 Å². The highest BCUT2D eigenvalue weighted by atomic mass is 31.2. The van der Waals surface area contributed by atoms with E-state index in [0.717, 1.165) is 64.2 Å². The van der Waals surface area contributed by atoms with Crippen LogP contribution in [0.3, 0.4) is 0 Å². The van der Waals surface area contributed by atoms with Gasteiger partial charge in [-0.1, -0.05) is 209 Å². The van der Waals surface area contributed by atoms with Crippen LogP contribution in [0.25, 0.3) is 0 Å². The number of hydrogen-bond acceptors (Lipinski definition) is 5. The van der Waals surface area contributed by atoms with Crippen LogP contribution in [0.5, 0.6) is 0 Å². The summed E-state index contributed by atoms with van der Waals surface area (Å²) in [7, 11) is 1.55. The van der Waals surface area contributed by atoms with Crippen LogP contribution in [0.4, 0.5) is 0 Å². The third kappa shape index (κ3) is 47.7. The van der Waals surface area contributed by atoms with Gasteiger partial charge >= 0.3 is 7.82 Å². The molecule has 366 valence electrons. The standard InChI is InChI=1S/C54H99N2O6P/c1-6-8-10-12-14-16-18-20-21-22-23-24-25-26-27-28-29-30-31-32-33-34-35-36-38-40-42-44-46-48-54(58)55-52(51-62-63(59,60)61-50-49-56(3,4)5)53(57)47-45-43-41-39-37-19-17-15-13-11-9-7-2/h8,10,14,16,20-21,23-24,37,39,45,47,52-53,57H,6-7,9,11-13,15,17-19,22,25-36,38,40-44,46,48-51H2,1-5H3,(H-,55,58,59,60)/p+1/b10-8-,16-14-,21-20-,24-23-,39-37+,47-45+. The van der Waals surface area contributed by atoms with Gasteiger partial charge in [-0.15, -0.1) is 0 Å². The van der Waals surface area contributed by atoms with Crippen molar-refractivity contribution in [1.29, 1.82) is 0 Å². The predicted molar refractivity (Wildman–Crippen MR) is 272 cm³/mol. The summed E-state index contributed by atoms with van der Waals surface area (Å²) in [6, 6.07) is -0.864. The number of carbonyl (C=O) groups excluding carboxylic acids is 1. The van der Waals surface area contributed by atoms with Crippen LogP contribution < -0.4 is 5.32 Å². The smallest absolute Gasteiger partial charge is 0.387 e. The van der Waals surface area contributed by atoms with Gasteiger partial charge in [-0.3, -0.25) is 13.8 Å². The van der Waals surface area contributed by atoms with Crippen molar-refractivity contribution in [3.05, 3.63) is 72.9 Å². The maximum atomic E-state index is 12.9. The van der Waals surface area contributed by atoms with E-state index in [1.54, 1.807) is 6.08 Å². The predicted octanol–water partition coefficient (Wildman–Crippen LogP) is 15.1. The lowest BCUT2D eigenvalue weighted by Gasteiger charge is -2.25. The lowest BCUT2D eigenvalue weighted by molar-refractivity contribution is -0.870. The van der Waals surface area contributed by atoms with Gasteiger partial charge in [0.2, 0.25) is 5.91 Å². The Bertz CT molecular complexity index is 1250. The van der Waals surface area contributed by atoms with E-state index in [2.05, 4.69) is 79.9 Å². The van der Waals surface area contributed by atoms with Crippen LogP contribution in [0, 0.1) is 0 Å². The van der Waals surface area contributed by atoms with E-state index in [9.17, 15) is 19.4 Å². The second-order valence-electron chi connectivity index (χ2n) is 18.5. The van der Waals surface area contributed by atoms with Gasteiger partial charge < -0.3 is 19.8 Å². The van der Waals surface area contributed by atoms with Crippen LogP contribution in [0.15, 0.2) is 72.9 Å². The minimum Gasteiger partial charge on any atom is -0.387 e. The minimum atomic E-state index is -4.35. The molecule has 63 heavy (non-hydrogen) atoms. The Morgan fingerprint density at radius 1 is 0.556 bits per heavy atom. The Morgan fingerprint density at radius 3 is 1.46 bits per heavy atom. The molecular weight excluding hydrogens is 804 g/mol. The second-order valence-corrected chi connectivity index (χ2v) is 20.0. The van der Waals surface area contributed by atoms with E-state index in [-0.39, 0.29) is 19.1 Å². The number of aliphatic hydroxyl groups is 1. The normalized spacial score (nSPS) is 14.7. The lowest BCUT2D eigenvalue weighted by Crippen LogP contribution is -2.45. The molecule has 0 radical (unpaired) electrons. The molecule has 0 aliphatic carbocycles. The number of hydrogen-bond donors (Lipinski definition) is 3. The molecule has 0 aromatic carbocycles. The molecule has 0 spiro atoms. The van der Waals surface area contributed by atoms with Gasteiger partial charge in [0.15, 0.2) is 0 Å². The number of likely N-dealkylation sites (N-methyl/N-ethyl adjacent to an activating group) is 1. The fourth-order valence-electron chi connectivity index (χ4n) is 7.11. The molecule has 0 aliphatic heterocycles. The van der Waals surface area contributed by atoms with E-state index in [1.807, 2.05) is 27.2 Å². The van der Waals surface area contributed by atoms with Gasteiger partial charge in [0, 0.05) is 6.42 Å². The summed E-state index contributed by atoms with van der Waals surface area (Å²) >= 11 is 0. The summed E-state index contributed by atoms with van der Waals surface area (Å²) in [6.45, 7) is 4.66. The van der Waals surface area contributed by atoms with Gasteiger partial charge in [-0.05, 0) is 70.6 Å². The average molecular weight is 904 g/mol. The Kier molecular flexibility index (Phi) is 43.6. The Hall–Kier alpha value is -2.06. The molecule has 9 heteroatoms. The molecule has 0 bridgehead atoms. The number of nitrogens with zero attached hydrogens (tertiary/aromatic N) is 1. The number of rotatable bonds is 46. The van der Waals surface area contributed by atoms with Crippen molar-refractivity contribution in [1.82, 2.24) is 5.32 Å². The fraction of sp³-hybridized carbons (Fsp3) is 0.759. The minimum absolute atomic E-state index is 0.0543. The first-order chi connectivity index (χ1) is 30.5. The second kappa shape index (κ2) is 45.1. The molecule has 0 heterocycles. The van der Waals surface area contributed by atoms with Gasteiger partial charge in [0.05, 0.1) is 39.9 Å². The summed E-state index contributed by atoms with van der Waals surface area (Å²) in [5.74, 6) is -0.190. The number of allylic oxidation sites excluding steroid dienone is 11. The Labute approximate surface area is 389 Å². The highest BCUT2D eigenvalue weighted by molar-refractivity contribution is 7.47. The maximum Gasteiger partial charge on any atom is 0.472 e. The molecule has 0 fully saturated rings. The molecule has 3 unspecified atom stereocenters. The van der Waals surface area contributed by atoms with Crippen molar-refractivity contribution < 1.29 is 32.9 Å². The van der Waals surface area contributed by atoms with Gasteiger partial charge in [0.25, 0.3) is 0 Å². The van der Waals surface area contributed by atoms with E-state index in [4.69, 9.17) is 9.05 Å². The van der Waals surface area contributed by atoms with Crippen molar-refractivity contribution in [3.8, 4) is 0 Å². The summed E-state index contributed by atoms with van der Waals surface area (Å²) in [4.78, 5) is 23.2. The zero-order chi connectivity index (χ0) is 46.4. The lowest BCUT2D eigenvalue weighted by atomic mass is 10.0. The first-order valence-electron chi connectivity index (χ1n) is 25.8. The third-order valence-corrected chi connectivity index (χ3v) is 12.1.